The minimum atomic E-state index is -3.51. The summed E-state index contributed by atoms with van der Waals surface area (Å²) in [5, 5.41) is 2.82. The molecule has 0 radical (unpaired) electrons. The van der Waals surface area contributed by atoms with E-state index in [4.69, 9.17) is 0 Å². The zero-order valence-corrected chi connectivity index (χ0v) is 14.1. The van der Waals surface area contributed by atoms with E-state index in [1.54, 1.807) is 18.2 Å². The van der Waals surface area contributed by atoms with Gasteiger partial charge in [-0.2, -0.15) is 4.31 Å². The number of hydrogen-bond donors (Lipinski definition) is 1. The predicted molar refractivity (Wildman–Crippen MR) is 92.0 cm³/mol. The summed E-state index contributed by atoms with van der Waals surface area (Å²) < 4.78 is 26.6. The van der Waals surface area contributed by atoms with Crippen molar-refractivity contribution >= 4 is 15.9 Å². The molecule has 0 aromatic heterocycles. The number of amides is 1. The van der Waals surface area contributed by atoms with Gasteiger partial charge in [0.1, 0.15) is 0 Å². The molecule has 0 saturated carbocycles. The molecule has 0 aliphatic carbocycles. The van der Waals surface area contributed by atoms with Crippen molar-refractivity contribution in [2.75, 3.05) is 13.1 Å². The molecule has 0 bridgehead atoms. The molecule has 1 N–H and O–H groups in total. The summed E-state index contributed by atoms with van der Waals surface area (Å²) in [5.74, 6) is -0.280. The van der Waals surface area contributed by atoms with Crippen LogP contribution in [-0.2, 0) is 16.6 Å². The molecule has 126 valence electrons. The largest absolute Gasteiger partial charge is 0.348 e. The van der Waals surface area contributed by atoms with E-state index in [1.807, 2.05) is 30.3 Å². The zero-order chi connectivity index (χ0) is 17.0. The molecule has 1 aliphatic rings. The van der Waals surface area contributed by atoms with Crippen LogP contribution in [0.2, 0.25) is 0 Å². The molecule has 2 aromatic rings. The first kappa shape index (κ1) is 16.7. The predicted octanol–water partition coefficient (Wildman–Crippen LogP) is 2.40. The lowest BCUT2D eigenvalue weighted by Gasteiger charge is -2.16. The minimum Gasteiger partial charge on any atom is -0.348 e. The number of benzene rings is 2. The van der Waals surface area contributed by atoms with Gasteiger partial charge in [-0.25, -0.2) is 8.42 Å². The van der Waals surface area contributed by atoms with E-state index in [0.717, 1.165) is 18.4 Å². The topological polar surface area (TPSA) is 66.5 Å². The van der Waals surface area contributed by atoms with E-state index >= 15 is 0 Å². The number of sulfonamides is 1. The highest BCUT2D eigenvalue weighted by atomic mass is 32.2. The van der Waals surface area contributed by atoms with Crippen molar-refractivity contribution in [3.63, 3.8) is 0 Å². The van der Waals surface area contributed by atoms with Gasteiger partial charge in [0.25, 0.3) is 5.91 Å². The molecule has 6 heteroatoms. The molecule has 5 nitrogen and oxygen atoms in total. The van der Waals surface area contributed by atoms with E-state index < -0.39 is 10.0 Å². The van der Waals surface area contributed by atoms with E-state index in [-0.39, 0.29) is 10.8 Å². The molecule has 2 aromatic carbocycles. The van der Waals surface area contributed by atoms with Crippen LogP contribution in [0.15, 0.2) is 59.5 Å². The summed E-state index contributed by atoms with van der Waals surface area (Å²) in [7, 11) is -3.51. The molecule has 1 aliphatic heterocycles. The van der Waals surface area contributed by atoms with Crippen molar-refractivity contribution in [2.24, 2.45) is 0 Å². The lowest BCUT2D eigenvalue weighted by molar-refractivity contribution is 0.0950. The molecule has 0 atom stereocenters. The molecule has 1 saturated heterocycles. The molecule has 1 fully saturated rings. The van der Waals surface area contributed by atoms with Gasteiger partial charge in [0, 0.05) is 25.2 Å². The summed E-state index contributed by atoms with van der Waals surface area (Å²) in [6, 6.07) is 15.8. The second kappa shape index (κ2) is 7.15. The summed E-state index contributed by atoms with van der Waals surface area (Å²) >= 11 is 0. The van der Waals surface area contributed by atoms with Crippen LogP contribution in [0.5, 0.6) is 0 Å². The van der Waals surface area contributed by atoms with Crippen LogP contribution >= 0.6 is 0 Å². The first-order valence-electron chi connectivity index (χ1n) is 8.00. The molecular weight excluding hydrogens is 324 g/mol. The minimum absolute atomic E-state index is 0.178. The van der Waals surface area contributed by atoms with E-state index in [0.29, 0.717) is 25.2 Å². The Morgan fingerprint density at radius 3 is 2.42 bits per heavy atom. The Hall–Kier alpha value is -2.18. The highest BCUT2D eigenvalue weighted by molar-refractivity contribution is 7.89. The number of hydrogen-bond acceptors (Lipinski definition) is 3. The molecule has 1 amide bonds. The average Bonchev–Trinajstić information content (AvgIpc) is 3.16. The maximum atomic E-state index is 12.6. The molecule has 1 heterocycles. The van der Waals surface area contributed by atoms with Gasteiger partial charge in [0.15, 0.2) is 0 Å². The third-order valence-corrected chi connectivity index (χ3v) is 5.99. The summed E-state index contributed by atoms with van der Waals surface area (Å²) in [6.07, 6.45) is 1.77. The van der Waals surface area contributed by atoms with E-state index in [1.165, 1.54) is 10.4 Å². The van der Waals surface area contributed by atoms with Crippen molar-refractivity contribution in [1.29, 1.82) is 0 Å². The summed E-state index contributed by atoms with van der Waals surface area (Å²) in [4.78, 5) is 12.5. The first-order chi connectivity index (χ1) is 11.6. The molecule has 0 unspecified atom stereocenters. The fourth-order valence-corrected chi connectivity index (χ4v) is 4.32. The average molecular weight is 344 g/mol. The molecule has 3 rings (SSSR count). The Bertz CT molecular complexity index is 813. The van der Waals surface area contributed by atoms with Crippen molar-refractivity contribution in [2.45, 2.75) is 24.3 Å². The Labute approximate surface area is 142 Å². The van der Waals surface area contributed by atoms with Gasteiger partial charge in [-0.1, -0.05) is 36.4 Å². The molecule has 0 spiro atoms. The van der Waals surface area contributed by atoms with Crippen LogP contribution in [0.4, 0.5) is 0 Å². The second-order valence-corrected chi connectivity index (χ2v) is 7.75. The maximum absolute atomic E-state index is 12.6. The van der Waals surface area contributed by atoms with Gasteiger partial charge >= 0.3 is 0 Å². The molecule has 24 heavy (non-hydrogen) atoms. The Kier molecular flexibility index (Phi) is 4.97. The Morgan fingerprint density at radius 1 is 1.00 bits per heavy atom. The van der Waals surface area contributed by atoms with Crippen molar-refractivity contribution in [1.82, 2.24) is 9.62 Å². The van der Waals surface area contributed by atoms with E-state index in [9.17, 15) is 13.2 Å². The van der Waals surface area contributed by atoms with Gasteiger partial charge in [-0.3, -0.25) is 4.79 Å². The lowest BCUT2D eigenvalue weighted by atomic mass is 10.2. The standard InChI is InChI=1S/C18H20N2O3S/c21-18(19-14-15-7-2-1-3-8-15)16-9-6-10-17(13-16)24(22,23)20-11-4-5-12-20/h1-3,6-10,13H,4-5,11-12,14H2,(H,19,21). The van der Waals surface area contributed by atoms with Crippen molar-refractivity contribution in [3.05, 3.63) is 65.7 Å². The zero-order valence-electron chi connectivity index (χ0n) is 13.3. The number of rotatable bonds is 5. The van der Waals surface area contributed by atoms with E-state index in [2.05, 4.69) is 5.32 Å². The number of nitrogens with one attached hydrogen (secondary N) is 1. The van der Waals surface area contributed by atoms with Crippen molar-refractivity contribution < 1.29 is 13.2 Å². The Morgan fingerprint density at radius 2 is 1.71 bits per heavy atom. The third-order valence-electron chi connectivity index (χ3n) is 4.09. The smallest absolute Gasteiger partial charge is 0.251 e. The van der Waals surface area contributed by atoms with Crippen LogP contribution in [0.25, 0.3) is 0 Å². The highest BCUT2D eigenvalue weighted by Gasteiger charge is 2.27. The van der Waals surface area contributed by atoms with Gasteiger partial charge in [0.2, 0.25) is 10.0 Å². The normalized spacial score (nSPS) is 15.3. The Balaban J connectivity index is 1.74. The number of carbonyl (C=O) groups is 1. The molecular formula is C18H20N2O3S. The lowest BCUT2D eigenvalue weighted by Crippen LogP contribution is -2.28. The second-order valence-electron chi connectivity index (χ2n) is 5.81. The van der Waals surface area contributed by atoms with Crippen molar-refractivity contribution in [3.8, 4) is 0 Å². The monoisotopic (exact) mass is 344 g/mol. The SMILES string of the molecule is O=C(NCc1ccccc1)c1cccc(S(=O)(=O)N2CCCC2)c1. The first-order valence-corrected chi connectivity index (χ1v) is 9.44. The van der Waals surface area contributed by atoms with Gasteiger partial charge < -0.3 is 5.32 Å². The number of carbonyl (C=O) groups excluding carboxylic acids is 1. The van der Waals surface area contributed by atoms with Crippen LogP contribution < -0.4 is 5.32 Å². The fraction of sp³-hybridized carbons (Fsp3) is 0.278. The summed E-state index contributed by atoms with van der Waals surface area (Å²) in [6.45, 7) is 1.50. The highest BCUT2D eigenvalue weighted by Crippen LogP contribution is 2.21. The summed E-state index contributed by atoms with van der Waals surface area (Å²) in [5.41, 5.74) is 1.35. The van der Waals surface area contributed by atoms with Crippen LogP contribution in [-0.4, -0.2) is 31.7 Å². The van der Waals surface area contributed by atoms with Crippen LogP contribution in [0.1, 0.15) is 28.8 Å². The van der Waals surface area contributed by atoms with Gasteiger partial charge in [0.05, 0.1) is 4.90 Å². The quantitative estimate of drug-likeness (QED) is 0.906. The van der Waals surface area contributed by atoms with Gasteiger partial charge in [-0.05, 0) is 36.6 Å². The maximum Gasteiger partial charge on any atom is 0.251 e. The van der Waals surface area contributed by atoms with Crippen LogP contribution in [0, 0.1) is 0 Å². The number of nitrogens with zero attached hydrogens (tertiary/aromatic N) is 1. The fourth-order valence-electron chi connectivity index (χ4n) is 2.76. The van der Waals surface area contributed by atoms with Gasteiger partial charge in [-0.15, -0.1) is 0 Å². The third kappa shape index (κ3) is 3.66. The van der Waals surface area contributed by atoms with Crippen LogP contribution in [0.3, 0.4) is 0 Å².